The summed E-state index contributed by atoms with van der Waals surface area (Å²) >= 11 is 0. The van der Waals surface area contributed by atoms with Gasteiger partial charge in [0, 0.05) is 18.3 Å². The van der Waals surface area contributed by atoms with Crippen LogP contribution in [0, 0.1) is 5.82 Å². The van der Waals surface area contributed by atoms with Gasteiger partial charge in [0.15, 0.2) is 5.65 Å². The molecule has 0 aliphatic rings. The monoisotopic (exact) mass is 320 g/mol. The molecule has 2 heterocycles. The zero-order valence-corrected chi connectivity index (χ0v) is 11.6. The van der Waals surface area contributed by atoms with Crippen molar-refractivity contribution in [2.24, 2.45) is 0 Å². The van der Waals surface area contributed by atoms with Crippen molar-refractivity contribution in [3.8, 4) is 0 Å². The molecule has 9 heteroatoms. The molecular formula is C14H9BF4N4. The third kappa shape index (κ3) is 3.13. The number of nitrogens with one attached hydrogen (secondary N) is 1. The van der Waals surface area contributed by atoms with Crippen molar-refractivity contribution >= 4 is 24.9 Å². The summed E-state index contributed by atoms with van der Waals surface area (Å²) in [7, 11) is 5.46. The van der Waals surface area contributed by atoms with Crippen LogP contribution in [0.1, 0.15) is 11.1 Å². The van der Waals surface area contributed by atoms with Crippen molar-refractivity contribution in [2.45, 2.75) is 12.7 Å². The highest BCUT2D eigenvalue weighted by Gasteiger charge is 2.31. The molecule has 0 bridgehead atoms. The van der Waals surface area contributed by atoms with Gasteiger partial charge >= 0.3 is 6.18 Å². The van der Waals surface area contributed by atoms with Crippen molar-refractivity contribution in [1.29, 1.82) is 0 Å². The molecule has 0 aliphatic carbocycles. The lowest BCUT2D eigenvalue weighted by molar-refractivity contribution is -0.137. The van der Waals surface area contributed by atoms with Gasteiger partial charge in [-0.3, -0.25) is 4.40 Å². The Bertz CT molecular complexity index is 860. The highest BCUT2D eigenvalue weighted by molar-refractivity contribution is 6.32. The van der Waals surface area contributed by atoms with E-state index >= 15 is 0 Å². The number of alkyl halides is 3. The maximum Gasteiger partial charge on any atom is 0.417 e. The highest BCUT2D eigenvalue weighted by atomic mass is 19.4. The first-order valence-electron chi connectivity index (χ1n) is 6.54. The number of anilines is 1. The summed E-state index contributed by atoms with van der Waals surface area (Å²) in [6.07, 6.45) is -3.59. The number of halogens is 4. The Morgan fingerprint density at radius 1 is 1.13 bits per heavy atom. The Morgan fingerprint density at radius 3 is 2.61 bits per heavy atom. The summed E-state index contributed by atoms with van der Waals surface area (Å²) in [5.74, 6) is -0.426. The second kappa shape index (κ2) is 5.56. The molecule has 23 heavy (non-hydrogen) atoms. The smallest absolute Gasteiger partial charge is 0.350 e. The van der Waals surface area contributed by atoms with Gasteiger partial charge in [0.05, 0.1) is 5.56 Å². The molecule has 0 saturated carbocycles. The first kappa shape index (κ1) is 15.3. The molecule has 116 valence electrons. The van der Waals surface area contributed by atoms with E-state index in [2.05, 4.69) is 15.5 Å². The van der Waals surface area contributed by atoms with Crippen LogP contribution in [0.4, 0.5) is 23.5 Å². The molecule has 2 radical (unpaired) electrons. The van der Waals surface area contributed by atoms with Crippen molar-refractivity contribution < 1.29 is 17.6 Å². The van der Waals surface area contributed by atoms with E-state index in [0.29, 0.717) is 5.56 Å². The second-order valence-corrected chi connectivity index (χ2v) is 4.87. The average Bonchev–Trinajstić information content (AvgIpc) is 2.88. The Labute approximate surface area is 129 Å². The summed E-state index contributed by atoms with van der Waals surface area (Å²) in [6.45, 7) is 0.0309. The number of hydrogen-bond donors (Lipinski definition) is 1. The Hall–Kier alpha value is -2.58. The Kier molecular flexibility index (Phi) is 3.71. The number of rotatable bonds is 3. The molecule has 0 saturated heterocycles. The molecule has 1 N–H and O–H groups in total. The third-order valence-electron chi connectivity index (χ3n) is 3.24. The maximum atomic E-state index is 13.7. The van der Waals surface area contributed by atoms with Gasteiger partial charge in [0.2, 0.25) is 5.95 Å². The molecule has 0 fully saturated rings. The van der Waals surface area contributed by atoms with Crippen LogP contribution in [0.5, 0.6) is 0 Å². The molecule has 3 rings (SSSR count). The first-order chi connectivity index (χ1) is 10.8. The quantitative estimate of drug-likeness (QED) is 0.595. The first-order valence-corrected chi connectivity index (χ1v) is 6.54. The summed E-state index contributed by atoms with van der Waals surface area (Å²) in [5, 5.41) is 10.3. The minimum absolute atomic E-state index is 0.0309. The van der Waals surface area contributed by atoms with E-state index in [1.807, 2.05) is 0 Å². The zero-order valence-electron chi connectivity index (χ0n) is 11.6. The molecule has 0 atom stereocenters. The number of fused-ring (bicyclic) bond motifs is 1. The average molecular weight is 320 g/mol. The summed E-state index contributed by atoms with van der Waals surface area (Å²) in [5.41, 5.74) is 0.0155. The Morgan fingerprint density at radius 2 is 1.91 bits per heavy atom. The third-order valence-corrected chi connectivity index (χ3v) is 3.24. The van der Waals surface area contributed by atoms with Crippen molar-refractivity contribution in [3.63, 3.8) is 0 Å². The van der Waals surface area contributed by atoms with Crippen LogP contribution in [0.25, 0.3) is 5.65 Å². The molecule has 2 aromatic heterocycles. The van der Waals surface area contributed by atoms with Crippen LogP contribution in [0.2, 0.25) is 0 Å². The maximum absolute atomic E-state index is 13.7. The minimum Gasteiger partial charge on any atom is -0.350 e. The molecule has 4 nitrogen and oxygen atoms in total. The van der Waals surface area contributed by atoms with Crippen LogP contribution in [0.3, 0.4) is 0 Å². The van der Waals surface area contributed by atoms with Crippen LogP contribution < -0.4 is 10.8 Å². The summed E-state index contributed by atoms with van der Waals surface area (Å²) in [6, 6.07) is 6.32. The largest absolute Gasteiger partial charge is 0.417 e. The fraction of sp³-hybridized carbons (Fsp3) is 0.143. The van der Waals surface area contributed by atoms with Crippen LogP contribution in [-0.4, -0.2) is 22.4 Å². The molecule has 0 aliphatic heterocycles. The van der Waals surface area contributed by atoms with Crippen molar-refractivity contribution in [1.82, 2.24) is 14.6 Å². The molecule has 0 spiro atoms. The summed E-state index contributed by atoms with van der Waals surface area (Å²) in [4.78, 5) is 0. The van der Waals surface area contributed by atoms with Gasteiger partial charge in [-0.15, -0.1) is 10.2 Å². The van der Waals surface area contributed by atoms with Gasteiger partial charge in [-0.05, 0) is 18.2 Å². The Balaban J connectivity index is 1.88. The van der Waals surface area contributed by atoms with Gasteiger partial charge in [-0.2, -0.15) is 13.2 Å². The van der Waals surface area contributed by atoms with Gasteiger partial charge < -0.3 is 5.32 Å². The van der Waals surface area contributed by atoms with Gasteiger partial charge in [0.1, 0.15) is 13.7 Å². The van der Waals surface area contributed by atoms with Gasteiger partial charge in [-0.1, -0.05) is 17.6 Å². The molecule has 3 aromatic rings. The molecule has 1 aromatic carbocycles. The van der Waals surface area contributed by atoms with Crippen LogP contribution in [0.15, 0.2) is 36.5 Å². The van der Waals surface area contributed by atoms with Crippen molar-refractivity contribution in [3.05, 3.63) is 53.5 Å². The lowest BCUT2D eigenvalue weighted by Gasteiger charge is -2.09. The van der Waals surface area contributed by atoms with E-state index < -0.39 is 17.6 Å². The normalized spacial score (nSPS) is 11.8. The second-order valence-electron chi connectivity index (χ2n) is 4.87. The van der Waals surface area contributed by atoms with Crippen LogP contribution >= 0.6 is 0 Å². The van der Waals surface area contributed by atoms with E-state index in [0.717, 1.165) is 16.7 Å². The van der Waals surface area contributed by atoms with E-state index in [1.54, 1.807) is 0 Å². The van der Waals surface area contributed by atoms with E-state index in [1.165, 1.54) is 24.3 Å². The predicted octanol–water partition coefficient (Wildman–Crippen LogP) is 2.29. The number of benzene rings is 1. The standard InChI is InChI=1S/C14H9BF4N4/c15-10-3-1-8(11(16)5-10)6-20-13-22-21-12-4-2-9(7-23(12)13)14(17,18)19/h1-5,7H,6H2,(H,20,22). The fourth-order valence-corrected chi connectivity index (χ4v) is 2.06. The highest BCUT2D eigenvalue weighted by Crippen LogP contribution is 2.29. The number of aromatic nitrogens is 3. The lowest BCUT2D eigenvalue weighted by Crippen LogP contribution is -2.10. The molecule has 0 amide bonds. The van der Waals surface area contributed by atoms with E-state index in [4.69, 9.17) is 7.85 Å². The SMILES string of the molecule is [B]c1ccc(CNc2nnc3ccc(C(F)(F)F)cn23)c(F)c1. The minimum atomic E-state index is -4.47. The zero-order chi connectivity index (χ0) is 16.6. The fourth-order valence-electron chi connectivity index (χ4n) is 2.06. The van der Waals surface area contributed by atoms with Crippen molar-refractivity contribution in [2.75, 3.05) is 5.32 Å². The predicted molar refractivity (Wildman–Crippen MR) is 77.1 cm³/mol. The van der Waals surface area contributed by atoms with E-state index in [9.17, 15) is 17.6 Å². The van der Waals surface area contributed by atoms with Gasteiger partial charge in [0.25, 0.3) is 0 Å². The molecular weight excluding hydrogens is 311 g/mol. The van der Waals surface area contributed by atoms with Gasteiger partial charge in [-0.25, -0.2) is 4.39 Å². The molecule has 0 unspecified atom stereocenters. The lowest BCUT2D eigenvalue weighted by atomic mass is 9.95. The number of hydrogen-bond acceptors (Lipinski definition) is 3. The topological polar surface area (TPSA) is 42.2 Å². The number of pyridine rings is 1. The number of nitrogens with zero attached hydrogens (tertiary/aromatic N) is 3. The van der Waals surface area contributed by atoms with Crippen LogP contribution in [-0.2, 0) is 12.7 Å². The van der Waals surface area contributed by atoms with E-state index in [-0.39, 0.29) is 23.6 Å². The summed E-state index contributed by atoms with van der Waals surface area (Å²) < 4.78 is 53.1.